The second-order valence-corrected chi connectivity index (χ2v) is 14.2. The number of Topliss-reactive ketones (excluding diaryl/α,β-unsaturated/α-hetero) is 1. The normalized spacial score (nSPS) is 27.6. The molecule has 0 unspecified atom stereocenters. The molecule has 0 radical (unpaired) electrons. The molecule has 45 heavy (non-hydrogen) atoms. The zero-order valence-corrected chi connectivity index (χ0v) is 26.1. The number of rotatable bonds is 11. The zero-order valence-electron chi connectivity index (χ0n) is 24.4. The summed E-state index contributed by atoms with van der Waals surface area (Å²) in [5.74, 6) is -0.488. The van der Waals surface area contributed by atoms with Gasteiger partial charge in [-0.15, -0.1) is 12.4 Å². The van der Waals surface area contributed by atoms with Crippen molar-refractivity contribution in [2.24, 2.45) is 10.4 Å². The van der Waals surface area contributed by atoms with Gasteiger partial charge in [-0.3, -0.25) is 9.79 Å². The van der Waals surface area contributed by atoms with Gasteiger partial charge in [0, 0.05) is 30.3 Å². The number of nitrogens with one attached hydrogen (secondary N) is 1. The Hall–Kier alpha value is -2.71. The maximum absolute atomic E-state index is 13.9. The first-order valence-corrected chi connectivity index (χ1v) is 15.7. The molecular weight excluding hydrogens is 651 g/mol. The topological polar surface area (TPSA) is 78.8 Å². The van der Waals surface area contributed by atoms with Crippen LogP contribution in [0.25, 0.3) is 0 Å². The van der Waals surface area contributed by atoms with Gasteiger partial charge in [-0.05, 0) is 81.0 Å². The monoisotopic (exact) mass is 683 g/mol. The first kappa shape index (κ1) is 35.1. The number of benzene rings is 2. The molecule has 1 N–H and O–H groups in total. The first-order chi connectivity index (χ1) is 20.3. The lowest BCUT2D eigenvalue weighted by molar-refractivity contribution is -0.151. The van der Waals surface area contributed by atoms with Crippen molar-refractivity contribution >= 4 is 34.0 Å². The number of nitrogens with zero attached hydrogens (tertiary/aromatic N) is 2. The third-order valence-electron chi connectivity index (χ3n) is 9.20. The molecular formula is C30H33ClF7N3O3S. The third kappa shape index (κ3) is 6.47. The summed E-state index contributed by atoms with van der Waals surface area (Å²) in [5.41, 5.74) is -3.20. The Morgan fingerprint density at radius 1 is 1.00 bits per heavy atom. The highest BCUT2D eigenvalue weighted by molar-refractivity contribution is 7.89. The Morgan fingerprint density at radius 2 is 1.58 bits per heavy atom. The van der Waals surface area contributed by atoms with Crippen LogP contribution in [0.5, 0.6) is 0 Å². The van der Waals surface area contributed by atoms with Gasteiger partial charge in [0.2, 0.25) is 10.0 Å². The molecule has 3 fully saturated rings. The highest BCUT2D eigenvalue weighted by atomic mass is 35.5. The maximum Gasteiger partial charge on any atom is 0.416 e. The van der Waals surface area contributed by atoms with Crippen LogP contribution in [0.15, 0.2) is 58.4 Å². The second kappa shape index (κ2) is 11.8. The lowest BCUT2D eigenvalue weighted by Crippen LogP contribution is -2.79. The Morgan fingerprint density at radius 3 is 2.09 bits per heavy atom. The predicted molar refractivity (Wildman–Crippen MR) is 155 cm³/mol. The number of halogens is 8. The van der Waals surface area contributed by atoms with E-state index < -0.39 is 62.7 Å². The molecule has 0 amide bonds. The summed E-state index contributed by atoms with van der Waals surface area (Å²) in [6, 6.07) is 8.01. The van der Waals surface area contributed by atoms with Crippen molar-refractivity contribution in [2.45, 2.75) is 99.7 Å². The molecule has 2 atom stereocenters. The Bertz CT molecular complexity index is 1540. The van der Waals surface area contributed by atoms with E-state index >= 15 is 0 Å². The van der Waals surface area contributed by atoms with E-state index in [9.17, 15) is 43.9 Å². The molecule has 3 saturated carbocycles. The molecule has 4 aliphatic rings. The molecule has 15 heteroatoms. The molecule has 3 aliphatic carbocycles. The van der Waals surface area contributed by atoms with Crippen molar-refractivity contribution in [3.05, 3.63) is 65.5 Å². The van der Waals surface area contributed by atoms with Gasteiger partial charge in [-0.2, -0.15) is 30.6 Å². The first-order valence-electron chi connectivity index (χ1n) is 14.2. The van der Waals surface area contributed by atoms with E-state index in [0.29, 0.717) is 37.1 Å². The van der Waals surface area contributed by atoms with E-state index in [1.807, 2.05) is 6.92 Å². The van der Waals surface area contributed by atoms with Crippen molar-refractivity contribution in [1.29, 1.82) is 0 Å². The summed E-state index contributed by atoms with van der Waals surface area (Å²) in [6.45, 7) is 3.23. The van der Waals surface area contributed by atoms with Crippen LogP contribution in [0.4, 0.5) is 30.7 Å². The quantitative estimate of drug-likeness (QED) is 0.254. The summed E-state index contributed by atoms with van der Waals surface area (Å²) >= 11 is 0. The van der Waals surface area contributed by atoms with E-state index in [-0.39, 0.29) is 42.5 Å². The van der Waals surface area contributed by atoms with Crippen LogP contribution < -0.4 is 5.32 Å². The van der Waals surface area contributed by atoms with Crippen LogP contribution in [0.1, 0.15) is 69.9 Å². The van der Waals surface area contributed by atoms with Gasteiger partial charge in [0.15, 0.2) is 5.78 Å². The summed E-state index contributed by atoms with van der Waals surface area (Å²) in [6.07, 6.45) is -9.17. The van der Waals surface area contributed by atoms with Crippen molar-refractivity contribution in [3.8, 4) is 0 Å². The number of alkyl halides is 6. The average molecular weight is 684 g/mol. The van der Waals surface area contributed by atoms with Gasteiger partial charge in [-0.1, -0.05) is 19.1 Å². The van der Waals surface area contributed by atoms with Crippen molar-refractivity contribution < 1.29 is 43.9 Å². The van der Waals surface area contributed by atoms with Crippen molar-refractivity contribution in [1.82, 2.24) is 9.62 Å². The van der Waals surface area contributed by atoms with Crippen molar-refractivity contribution in [2.75, 3.05) is 0 Å². The molecule has 248 valence electrons. The van der Waals surface area contributed by atoms with Gasteiger partial charge >= 0.3 is 12.4 Å². The highest BCUT2D eigenvalue weighted by Gasteiger charge is 2.75. The van der Waals surface area contributed by atoms with E-state index in [1.54, 1.807) is 6.92 Å². The third-order valence-corrected chi connectivity index (χ3v) is 11.2. The van der Waals surface area contributed by atoms with Gasteiger partial charge in [0.1, 0.15) is 17.2 Å². The van der Waals surface area contributed by atoms with Crippen LogP contribution in [-0.2, 0) is 27.5 Å². The molecule has 0 aromatic heterocycles. The molecule has 2 bridgehead atoms. The zero-order chi connectivity index (χ0) is 32.3. The summed E-state index contributed by atoms with van der Waals surface area (Å²) in [4.78, 5) is 17.7. The van der Waals surface area contributed by atoms with Crippen LogP contribution in [0.2, 0.25) is 0 Å². The van der Waals surface area contributed by atoms with E-state index in [0.717, 1.165) is 36.4 Å². The Labute approximate surface area is 262 Å². The smallest absolute Gasteiger partial charge is 0.359 e. The predicted octanol–water partition coefficient (Wildman–Crippen LogP) is 7.22. The van der Waals surface area contributed by atoms with Gasteiger partial charge < -0.3 is 5.32 Å². The van der Waals surface area contributed by atoms with Crippen LogP contribution in [-0.4, -0.2) is 47.6 Å². The number of hydrogen-bond acceptors (Lipinski definition) is 5. The maximum atomic E-state index is 13.9. The second-order valence-electron chi connectivity index (χ2n) is 12.3. The lowest BCUT2D eigenvalue weighted by Gasteiger charge is -2.73. The molecule has 1 aliphatic heterocycles. The fourth-order valence-corrected chi connectivity index (χ4v) is 8.59. The standard InChI is InChI=1S/C30H32F7N3O3S.ClH/c1-3-23-26(2,24(41)5-4-14-29(32,33)34)39-25(38-23)27-16-28(17-27,18-27)40(44(42,43)22-12-10-21(31)11-13-22)15-19-6-8-20(9-7-19)30(35,36)37;/h6-13,23H,3-5,14-18H2,1-2H3,(H,38,39);1H/t23-,26-,27?,28?;/m1./s1. The highest BCUT2D eigenvalue weighted by Crippen LogP contribution is 2.71. The Balaban J connectivity index is 0.00000461. The molecule has 0 saturated heterocycles. The van der Waals surface area contributed by atoms with E-state index in [1.165, 1.54) is 16.4 Å². The van der Waals surface area contributed by atoms with Gasteiger partial charge in [0.05, 0.1) is 16.5 Å². The summed E-state index contributed by atoms with van der Waals surface area (Å²) in [5, 5.41) is 3.20. The molecule has 2 aromatic rings. The number of ketones is 1. The minimum absolute atomic E-state index is 0. The minimum Gasteiger partial charge on any atom is -0.359 e. The summed E-state index contributed by atoms with van der Waals surface area (Å²) < 4.78 is 120. The fraction of sp³-hybridized carbons (Fsp3) is 0.533. The number of amidine groups is 1. The Kier molecular flexibility index (Phi) is 9.24. The number of aliphatic imine (C=N–C) groups is 1. The number of carbonyl (C=O) groups excluding carboxylic acids is 1. The van der Waals surface area contributed by atoms with Gasteiger partial charge in [-0.25, -0.2) is 12.8 Å². The molecule has 1 heterocycles. The number of hydrogen-bond donors (Lipinski definition) is 1. The van der Waals surface area contributed by atoms with Crippen LogP contribution in [0.3, 0.4) is 0 Å². The van der Waals surface area contributed by atoms with Gasteiger partial charge in [0.25, 0.3) is 0 Å². The van der Waals surface area contributed by atoms with Crippen LogP contribution >= 0.6 is 12.4 Å². The number of carbonyl (C=O) groups is 1. The molecule has 6 nitrogen and oxygen atoms in total. The molecule has 2 aromatic carbocycles. The average Bonchev–Trinajstić information content (AvgIpc) is 3.23. The van der Waals surface area contributed by atoms with Crippen molar-refractivity contribution in [3.63, 3.8) is 0 Å². The SMILES string of the molecule is CC[C@H]1N=C(C23CC(N(Cc4ccc(C(F)(F)F)cc4)S(=O)(=O)c4ccc(F)cc4)(C2)C3)N[C@@]1(C)C(=O)CCCC(F)(F)F.Cl. The lowest BCUT2D eigenvalue weighted by atomic mass is 9.38. The molecule has 0 spiro atoms. The van der Waals surface area contributed by atoms with Crippen LogP contribution in [0, 0.1) is 11.2 Å². The van der Waals surface area contributed by atoms with E-state index in [4.69, 9.17) is 4.99 Å². The van der Waals surface area contributed by atoms with E-state index in [2.05, 4.69) is 5.32 Å². The summed E-state index contributed by atoms with van der Waals surface area (Å²) in [7, 11) is -4.22. The fourth-order valence-electron chi connectivity index (χ4n) is 6.84. The molecule has 6 rings (SSSR count). The largest absolute Gasteiger partial charge is 0.416 e. The minimum atomic E-state index is -4.56. The number of sulfonamides is 1.